The van der Waals surface area contributed by atoms with Crippen molar-refractivity contribution in [3.05, 3.63) is 30.1 Å². The summed E-state index contributed by atoms with van der Waals surface area (Å²) in [5.41, 5.74) is 0. The quantitative estimate of drug-likeness (QED) is 0.539. The first-order valence-corrected chi connectivity index (χ1v) is 5.23. The molecule has 0 aromatic heterocycles. The number of halogens is 1. The Morgan fingerprint density at radius 3 is 2.69 bits per heavy atom. The lowest BCUT2D eigenvalue weighted by Crippen LogP contribution is -2.21. The second-order valence-electron chi connectivity index (χ2n) is 3.60. The highest BCUT2D eigenvalue weighted by molar-refractivity contribution is 5.21. The zero-order valence-corrected chi connectivity index (χ0v) is 9.45. The standard InChI is InChI=1S/C13H16FNO/c1-3-9-15(2)10-4-11-16-13-7-5-12(14)6-8-13/h1,5-8H,4,9-11H2,2H3. The van der Waals surface area contributed by atoms with E-state index < -0.39 is 0 Å². The molecule has 0 amide bonds. The predicted octanol–water partition coefficient (Wildman–Crippen LogP) is 2.16. The van der Waals surface area contributed by atoms with Crippen LogP contribution in [0.5, 0.6) is 5.75 Å². The Balaban J connectivity index is 2.16. The van der Waals surface area contributed by atoms with E-state index in [9.17, 15) is 4.39 Å². The molecular weight excluding hydrogens is 205 g/mol. The minimum Gasteiger partial charge on any atom is -0.494 e. The van der Waals surface area contributed by atoms with Gasteiger partial charge in [-0.05, 0) is 37.7 Å². The Morgan fingerprint density at radius 1 is 1.38 bits per heavy atom. The molecule has 16 heavy (non-hydrogen) atoms. The zero-order chi connectivity index (χ0) is 11.8. The van der Waals surface area contributed by atoms with Crippen LogP contribution >= 0.6 is 0 Å². The lowest BCUT2D eigenvalue weighted by molar-refractivity contribution is 0.274. The van der Waals surface area contributed by atoms with Crippen LogP contribution in [0.2, 0.25) is 0 Å². The van der Waals surface area contributed by atoms with Gasteiger partial charge in [0.2, 0.25) is 0 Å². The van der Waals surface area contributed by atoms with E-state index in [2.05, 4.69) is 5.92 Å². The van der Waals surface area contributed by atoms with E-state index in [1.165, 1.54) is 12.1 Å². The molecule has 0 aliphatic rings. The van der Waals surface area contributed by atoms with Gasteiger partial charge in [0.25, 0.3) is 0 Å². The molecule has 0 aliphatic carbocycles. The Bertz CT molecular complexity index is 342. The SMILES string of the molecule is C#CCN(C)CCCOc1ccc(F)cc1. The fraction of sp³-hybridized carbons (Fsp3) is 0.385. The van der Waals surface area contributed by atoms with Gasteiger partial charge in [-0.2, -0.15) is 0 Å². The van der Waals surface area contributed by atoms with Crippen molar-refractivity contribution in [3.8, 4) is 18.1 Å². The summed E-state index contributed by atoms with van der Waals surface area (Å²) in [6.07, 6.45) is 6.08. The molecule has 0 spiro atoms. The summed E-state index contributed by atoms with van der Waals surface area (Å²) in [7, 11) is 1.97. The average Bonchev–Trinajstić information content (AvgIpc) is 2.27. The maximum atomic E-state index is 12.6. The summed E-state index contributed by atoms with van der Waals surface area (Å²) in [4.78, 5) is 2.05. The molecule has 86 valence electrons. The molecule has 0 bridgehead atoms. The van der Waals surface area contributed by atoms with Gasteiger partial charge in [-0.3, -0.25) is 4.90 Å². The van der Waals surface area contributed by atoms with Crippen molar-refractivity contribution in [2.45, 2.75) is 6.42 Å². The number of nitrogens with zero attached hydrogens (tertiary/aromatic N) is 1. The molecule has 0 saturated carbocycles. The van der Waals surface area contributed by atoms with E-state index >= 15 is 0 Å². The van der Waals surface area contributed by atoms with E-state index in [-0.39, 0.29) is 5.82 Å². The van der Waals surface area contributed by atoms with Crippen molar-refractivity contribution in [2.75, 3.05) is 26.7 Å². The fourth-order valence-electron chi connectivity index (χ4n) is 1.29. The van der Waals surface area contributed by atoms with Gasteiger partial charge >= 0.3 is 0 Å². The third kappa shape index (κ3) is 4.81. The van der Waals surface area contributed by atoms with E-state index in [1.54, 1.807) is 12.1 Å². The van der Waals surface area contributed by atoms with Gasteiger partial charge in [0.05, 0.1) is 13.2 Å². The smallest absolute Gasteiger partial charge is 0.123 e. The Morgan fingerprint density at radius 2 is 2.06 bits per heavy atom. The molecule has 0 radical (unpaired) electrons. The van der Waals surface area contributed by atoms with Crippen molar-refractivity contribution < 1.29 is 9.13 Å². The van der Waals surface area contributed by atoms with Gasteiger partial charge in [-0.25, -0.2) is 4.39 Å². The van der Waals surface area contributed by atoms with Gasteiger partial charge in [0.15, 0.2) is 0 Å². The van der Waals surface area contributed by atoms with Crippen LogP contribution in [-0.4, -0.2) is 31.6 Å². The summed E-state index contributed by atoms with van der Waals surface area (Å²) in [5.74, 6) is 3.02. The average molecular weight is 221 g/mol. The van der Waals surface area contributed by atoms with E-state index in [0.29, 0.717) is 18.9 Å². The van der Waals surface area contributed by atoms with E-state index in [0.717, 1.165) is 13.0 Å². The first-order chi connectivity index (χ1) is 7.72. The number of benzene rings is 1. The topological polar surface area (TPSA) is 12.5 Å². The molecule has 0 aliphatic heterocycles. The predicted molar refractivity (Wildman–Crippen MR) is 62.8 cm³/mol. The van der Waals surface area contributed by atoms with Gasteiger partial charge < -0.3 is 4.74 Å². The van der Waals surface area contributed by atoms with Crippen molar-refractivity contribution in [2.24, 2.45) is 0 Å². The summed E-state index contributed by atoms with van der Waals surface area (Å²) >= 11 is 0. The molecule has 1 aromatic carbocycles. The lowest BCUT2D eigenvalue weighted by Gasteiger charge is -2.13. The highest BCUT2D eigenvalue weighted by Gasteiger charge is 1.97. The normalized spacial score (nSPS) is 10.1. The highest BCUT2D eigenvalue weighted by atomic mass is 19.1. The number of hydrogen-bond acceptors (Lipinski definition) is 2. The third-order valence-electron chi connectivity index (χ3n) is 2.13. The molecule has 0 unspecified atom stereocenters. The largest absolute Gasteiger partial charge is 0.494 e. The van der Waals surface area contributed by atoms with Crippen LogP contribution in [0.4, 0.5) is 4.39 Å². The summed E-state index contributed by atoms with van der Waals surface area (Å²) in [6.45, 7) is 2.16. The lowest BCUT2D eigenvalue weighted by atomic mass is 10.3. The number of hydrogen-bond donors (Lipinski definition) is 0. The zero-order valence-electron chi connectivity index (χ0n) is 9.45. The number of rotatable bonds is 6. The second kappa shape index (κ2) is 6.86. The number of terminal acetylenes is 1. The van der Waals surface area contributed by atoms with E-state index in [4.69, 9.17) is 11.2 Å². The molecular formula is C13H16FNO. The molecule has 0 fully saturated rings. The van der Waals surface area contributed by atoms with Crippen LogP contribution in [0, 0.1) is 18.2 Å². The molecule has 3 heteroatoms. The van der Waals surface area contributed by atoms with Crippen LogP contribution in [0.3, 0.4) is 0 Å². The van der Waals surface area contributed by atoms with E-state index in [1.807, 2.05) is 11.9 Å². The fourth-order valence-corrected chi connectivity index (χ4v) is 1.29. The summed E-state index contributed by atoms with van der Waals surface area (Å²) < 4.78 is 18.0. The monoisotopic (exact) mass is 221 g/mol. The van der Waals surface area contributed by atoms with Gasteiger partial charge in [-0.1, -0.05) is 5.92 Å². The summed E-state index contributed by atoms with van der Waals surface area (Å²) in [6, 6.07) is 6.03. The van der Waals surface area contributed by atoms with Crippen molar-refractivity contribution in [1.82, 2.24) is 4.90 Å². The molecule has 0 saturated heterocycles. The highest BCUT2D eigenvalue weighted by Crippen LogP contribution is 2.11. The van der Waals surface area contributed by atoms with Crippen molar-refractivity contribution in [1.29, 1.82) is 0 Å². The minimum absolute atomic E-state index is 0.249. The first kappa shape index (κ1) is 12.5. The Hall–Kier alpha value is -1.53. The van der Waals surface area contributed by atoms with Crippen molar-refractivity contribution >= 4 is 0 Å². The van der Waals surface area contributed by atoms with Gasteiger partial charge in [0, 0.05) is 6.54 Å². The van der Waals surface area contributed by atoms with Crippen LogP contribution in [-0.2, 0) is 0 Å². The summed E-state index contributed by atoms with van der Waals surface area (Å²) in [5, 5.41) is 0. The third-order valence-corrected chi connectivity index (χ3v) is 2.13. The molecule has 2 nitrogen and oxygen atoms in total. The maximum absolute atomic E-state index is 12.6. The molecule has 0 N–H and O–H groups in total. The maximum Gasteiger partial charge on any atom is 0.123 e. The van der Waals surface area contributed by atoms with Crippen LogP contribution in [0.1, 0.15) is 6.42 Å². The van der Waals surface area contributed by atoms with Crippen molar-refractivity contribution in [3.63, 3.8) is 0 Å². The Kier molecular flexibility index (Phi) is 5.38. The second-order valence-corrected chi connectivity index (χ2v) is 3.60. The molecule has 1 aromatic rings. The van der Waals surface area contributed by atoms with Gasteiger partial charge in [-0.15, -0.1) is 6.42 Å². The Labute approximate surface area is 96.0 Å². The van der Waals surface area contributed by atoms with Gasteiger partial charge in [0.1, 0.15) is 11.6 Å². The molecule has 0 heterocycles. The van der Waals surface area contributed by atoms with Crippen LogP contribution < -0.4 is 4.74 Å². The van der Waals surface area contributed by atoms with Crippen LogP contribution in [0.25, 0.3) is 0 Å². The van der Waals surface area contributed by atoms with Crippen LogP contribution in [0.15, 0.2) is 24.3 Å². The molecule has 0 atom stereocenters. The molecule has 1 rings (SSSR count). The number of ether oxygens (including phenoxy) is 1. The first-order valence-electron chi connectivity index (χ1n) is 5.23. The minimum atomic E-state index is -0.249.